The van der Waals surface area contributed by atoms with Gasteiger partial charge in [0.15, 0.2) is 0 Å². The number of nitrogens with one attached hydrogen (secondary N) is 1. The minimum absolute atomic E-state index is 0.108. The Labute approximate surface area is 230 Å². The number of H-pyrrole nitrogens is 1. The normalized spacial score (nSPS) is 12.1. The fraction of sp³-hybridized carbons (Fsp3) is 0.0909. The third-order valence-electron chi connectivity index (χ3n) is 7.23. The molecular formula is C33H26ClNO4. The first-order valence-corrected chi connectivity index (χ1v) is 12.9. The summed E-state index contributed by atoms with van der Waals surface area (Å²) in [5.74, 6) is 1.00. The Kier molecular flexibility index (Phi) is 6.29. The molecule has 0 aliphatic rings. The number of benzene rings is 5. The van der Waals surface area contributed by atoms with Gasteiger partial charge < -0.3 is 24.7 Å². The highest BCUT2D eigenvalue weighted by molar-refractivity contribution is 6.31. The van der Waals surface area contributed by atoms with Crippen molar-refractivity contribution in [1.29, 1.82) is 0 Å². The number of hydrogen-bond donors (Lipinski definition) is 3. The minimum atomic E-state index is -0.518. The number of hydrogen-bond acceptors (Lipinski definition) is 4. The van der Waals surface area contributed by atoms with Crippen LogP contribution in [0.2, 0.25) is 5.02 Å². The predicted octanol–water partition coefficient (Wildman–Crippen LogP) is 8.25. The number of ether oxygens (including phenoxy) is 2. The molecule has 0 amide bonds. The number of halogens is 1. The van der Waals surface area contributed by atoms with E-state index in [1.807, 2.05) is 78.9 Å². The van der Waals surface area contributed by atoms with Crippen molar-refractivity contribution in [2.24, 2.45) is 0 Å². The molecule has 1 heterocycles. The maximum Gasteiger partial charge on any atom is 0.124 e. The molecule has 0 radical (unpaired) electrons. The van der Waals surface area contributed by atoms with Gasteiger partial charge in [0.1, 0.15) is 23.0 Å². The maximum absolute atomic E-state index is 11.4. The standard InChI is InChI=1S/C33H26ClNO4/c1-38-21-13-16-27(36)25(18-21)30(23-9-5-6-10-29(23)39-2)33-32(24-17-20(34)12-14-26(24)35-33)31-22-8-4-3-7-19(22)11-15-28(31)37/h3-18,30,35-37H,1-2H3. The molecule has 1 aromatic heterocycles. The van der Waals surface area contributed by atoms with Gasteiger partial charge in [-0.2, -0.15) is 0 Å². The highest BCUT2D eigenvalue weighted by atomic mass is 35.5. The van der Waals surface area contributed by atoms with Crippen molar-refractivity contribution >= 4 is 33.3 Å². The Balaban J connectivity index is 1.78. The van der Waals surface area contributed by atoms with E-state index in [4.69, 9.17) is 21.1 Å². The number of para-hydroxylation sites is 1. The van der Waals surface area contributed by atoms with Gasteiger partial charge in [-0.15, -0.1) is 0 Å². The third-order valence-corrected chi connectivity index (χ3v) is 7.47. The molecule has 1 unspecified atom stereocenters. The van der Waals surface area contributed by atoms with Crippen LogP contribution in [0.4, 0.5) is 0 Å². The summed E-state index contributed by atoms with van der Waals surface area (Å²) in [6.07, 6.45) is 0. The Bertz CT molecular complexity index is 1840. The van der Waals surface area contributed by atoms with Crippen LogP contribution in [-0.2, 0) is 0 Å². The van der Waals surface area contributed by atoms with Crippen LogP contribution >= 0.6 is 11.6 Å². The summed E-state index contributed by atoms with van der Waals surface area (Å²) in [7, 11) is 3.22. The summed E-state index contributed by atoms with van der Waals surface area (Å²) in [5, 5.41) is 25.9. The Morgan fingerprint density at radius 3 is 2.28 bits per heavy atom. The lowest BCUT2D eigenvalue weighted by molar-refractivity contribution is 0.405. The maximum atomic E-state index is 11.4. The van der Waals surface area contributed by atoms with Gasteiger partial charge in [-0.25, -0.2) is 0 Å². The molecule has 6 rings (SSSR count). The van der Waals surface area contributed by atoms with Gasteiger partial charge in [0.2, 0.25) is 0 Å². The summed E-state index contributed by atoms with van der Waals surface area (Å²) >= 11 is 6.52. The summed E-state index contributed by atoms with van der Waals surface area (Å²) in [6.45, 7) is 0. The highest BCUT2D eigenvalue weighted by Crippen LogP contribution is 2.50. The second-order valence-electron chi connectivity index (χ2n) is 9.38. The zero-order valence-electron chi connectivity index (χ0n) is 21.4. The molecule has 6 heteroatoms. The number of phenols is 2. The van der Waals surface area contributed by atoms with Crippen LogP contribution in [0.1, 0.15) is 22.7 Å². The van der Waals surface area contributed by atoms with E-state index in [9.17, 15) is 10.2 Å². The SMILES string of the molecule is COc1ccc(O)c(C(c2ccccc2OC)c2[nH]c3ccc(Cl)cc3c2-c2c(O)ccc3ccccc23)c1. The lowest BCUT2D eigenvalue weighted by Crippen LogP contribution is -2.08. The Morgan fingerprint density at radius 1 is 0.692 bits per heavy atom. The van der Waals surface area contributed by atoms with Crippen LogP contribution in [-0.4, -0.2) is 29.4 Å². The van der Waals surface area contributed by atoms with E-state index in [0.717, 1.165) is 38.5 Å². The molecule has 1 atom stereocenters. The fourth-order valence-corrected chi connectivity index (χ4v) is 5.64. The summed E-state index contributed by atoms with van der Waals surface area (Å²) in [5.41, 5.74) is 4.55. The molecule has 0 bridgehead atoms. The number of phenolic OH excluding ortho intramolecular Hbond substituents is 2. The number of aromatic hydroxyl groups is 2. The number of methoxy groups -OCH3 is 2. The molecular weight excluding hydrogens is 510 g/mol. The van der Waals surface area contributed by atoms with Gasteiger partial charge in [-0.3, -0.25) is 0 Å². The number of fused-ring (bicyclic) bond motifs is 2. The van der Waals surface area contributed by atoms with Gasteiger partial charge in [0.25, 0.3) is 0 Å². The van der Waals surface area contributed by atoms with Crippen LogP contribution in [0.5, 0.6) is 23.0 Å². The first-order valence-electron chi connectivity index (χ1n) is 12.5. The minimum Gasteiger partial charge on any atom is -0.508 e. The zero-order valence-corrected chi connectivity index (χ0v) is 22.2. The third kappa shape index (κ3) is 4.21. The van der Waals surface area contributed by atoms with Crippen molar-refractivity contribution in [2.45, 2.75) is 5.92 Å². The highest BCUT2D eigenvalue weighted by Gasteiger charge is 2.30. The van der Waals surface area contributed by atoms with E-state index < -0.39 is 5.92 Å². The second kappa shape index (κ2) is 9.93. The topological polar surface area (TPSA) is 74.7 Å². The molecule has 194 valence electrons. The predicted molar refractivity (Wildman–Crippen MR) is 157 cm³/mol. The van der Waals surface area contributed by atoms with Crippen molar-refractivity contribution in [2.75, 3.05) is 14.2 Å². The van der Waals surface area contributed by atoms with Crippen LogP contribution in [0.3, 0.4) is 0 Å². The van der Waals surface area contributed by atoms with Gasteiger partial charge in [0, 0.05) is 43.9 Å². The monoisotopic (exact) mass is 535 g/mol. The molecule has 39 heavy (non-hydrogen) atoms. The van der Waals surface area contributed by atoms with E-state index in [-0.39, 0.29) is 11.5 Å². The Morgan fingerprint density at radius 2 is 1.46 bits per heavy atom. The van der Waals surface area contributed by atoms with Crippen LogP contribution in [0, 0.1) is 0 Å². The average Bonchev–Trinajstić information content (AvgIpc) is 3.32. The molecule has 0 spiro atoms. The molecule has 0 saturated heterocycles. The number of rotatable bonds is 6. The molecule has 6 aromatic rings. The van der Waals surface area contributed by atoms with Gasteiger partial charge in [-0.1, -0.05) is 60.1 Å². The second-order valence-corrected chi connectivity index (χ2v) is 9.82. The average molecular weight is 536 g/mol. The van der Waals surface area contributed by atoms with Crippen LogP contribution in [0.15, 0.2) is 97.1 Å². The molecule has 0 aliphatic heterocycles. The summed E-state index contributed by atoms with van der Waals surface area (Å²) in [4.78, 5) is 3.62. The molecule has 0 saturated carbocycles. The van der Waals surface area contributed by atoms with Gasteiger partial charge >= 0.3 is 0 Å². The number of aromatic nitrogens is 1. The smallest absolute Gasteiger partial charge is 0.124 e. The molecule has 3 N–H and O–H groups in total. The van der Waals surface area contributed by atoms with E-state index in [2.05, 4.69) is 4.98 Å². The van der Waals surface area contributed by atoms with E-state index in [0.29, 0.717) is 27.6 Å². The molecule has 0 aliphatic carbocycles. The van der Waals surface area contributed by atoms with Crippen molar-refractivity contribution in [3.05, 3.63) is 119 Å². The van der Waals surface area contributed by atoms with Gasteiger partial charge in [-0.05, 0) is 59.3 Å². The fourth-order valence-electron chi connectivity index (χ4n) is 5.47. The lowest BCUT2D eigenvalue weighted by Gasteiger charge is -2.23. The van der Waals surface area contributed by atoms with Crippen molar-refractivity contribution in [3.8, 4) is 34.1 Å². The summed E-state index contributed by atoms with van der Waals surface area (Å²) < 4.78 is 11.3. The van der Waals surface area contributed by atoms with Crippen LogP contribution in [0.25, 0.3) is 32.8 Å². The molecule has 5 nitrogen and oxygen atoms in total. The first kappa shape index (κ1) is 24.7. The quantitative estimate of drug-likeness (QED) is 0.201. The first-order chi connectivity index (χ1) is 19.0. The van der Waals surface area contributed by atoms with E-state index in [1.165, 1.54) is 0 Å². The molecule has 5 aromatic carbocycles. The largest absolute Gasteiger partial charge is 0.508 e. The van der Waals surface area contributed by atoms with E-state index >= 15 is 0 Å². The van der Waals surface area contributed by atoms with Crippen LogP contribution < -0.4 is 9.47 Å². The molecule has 0 fully saturated rings. The van der Waals surface area contributed by atoms with Crippen molar-refractivity contribution in [1.82, 2.24) is 4.98 Å². The van der Waals surface area contributed by atoms with Gasteiger partial charge in [0.05, 0.1) is 20.1 Å². The van der Waals surface area contributed by atoms with Crippen molar-refractivity contribution < 1.29 is 19.7 Å². The van der Waals surface area contributed by atoms with Crippen molar-refractivity contribution in [3.63, 3.8) is 0 Å². The Hall–Kier alpha value is -4.61. The van der Waals surface area contributed by atoms with E-state index in [1.54, 1.807) is 32.4 Å². The zero-order chi connectivity index (χ0) is 27.1. The number of aromatic amines is 1. The summed E-state index contributed by atoms with van der Waals surface area (Å²) in [6, 6.07) is 30.1. The lowest BCUT2D eigenvalue weighted by atomic mass is 9.83.